The van der Waals surface area contributed by atoms with Crippen LogP contribution in [0.25, 0.3) is 0 Å². The van der Waals surface area contributed by atoms with Crippen molar-refractivity contribution in [2.75, 3.05) is 13.7 Å². The van der Waals surface area contributed by atoms with E-state index in [1.807, 2.05) is 18.3 Å². The highest BCUT2D eigenvalue weighted by atomic mass is 32.1. The van der Waals surface area contributed by atoms with Gasteiger partial charge >= 0.3 is 0 Å². The summed E-state index contributed by atoms with van der Waals surface area (Å²) in [6.45, 7) is 5.04. The summed E-state index contributed by atoms with van der Waals surface area (Å²) in [5.74, 6) is 0. The molecule has 0 radical (unpaired) electrons. The van der Waals surface area contributed by atoms with Gasteiger partial charge < -0.3 is 14.8 Å². The van der Waals surface area contributed by atoms with Gasteiger partial charge in [-0.15, -0.1) is 11.3 Å². The second-order valence-electron chi connectivity index (χ2n) is 4.89. The van der Waals surface area contributed by atoms with Crippen molar-refractivity contribution in [1.82, 2.24) is 5.32 Å². The SMILES string of the molecule is CCOC1CC(NC(C)Cc2cccs2)C1OC. The monoisotopic (exact) mass is 269 g/mol. The van der Waals surface area contributed by atoms with Gasteiger partial charge in [0.05, 0.1) is 12.2 Å². The lowest BCUT2D eigenvalue weighted by molar-refractivity contribution is -0.132. The Hall–Kier alpha value is -0.420. The molecule has 4 atom stereocenters. The van der Waals surface area contributed by atoms with Gasteiger partial charge in [0.15, 0.2) is 0 Å². The molecular weight excluding hydrogens is 246 g/mol. The van der Waals surface area contributed by atoms with Gasteiger partial charge in [-0.1, -0.05) is 6.07 Å². The number of rotatable bonds is 7. The van der Waals surface area contributed by atoms with Crippen LogP contribution in [-0.2, 0) is 15.9 Å². The first kappa shape index (κ1) is 14.0. The van der Waals surface area contributed by atoms with Crippen LogP contribution in [0.2, 0.25) is 0 Å². The van der Waals surface area contributed by atoms with E-state index >= 15 is 0 Å². The number of methoxy groups -OCH3 is 1. The molecule has 0 bridgehead atoms. The maximum Gasteiger partial charge on any atom is 0.0986 e. The summed E-state index contributed by atoms with van der Waals surface area (Å²) in [5, 5.41) is 5.78. The maximum atomic E-state index is 5.64. The lowest BCUT2D eigenvalue weighted by Gasteiger charge is -2.44. The Morgan fingerprint density at radius 1 is 1.56 bits per heavy atom. The predicted octanol–water partition coefficient (Wildman–Crippen LogP) is 2.46. The fraction of sp³-hybridized carbons (Fsp3) is 0.714. The van der Waals surface area contributed by atoms with Gasteiger partial charge in [-0.2, -0.15) is 0 Å². The second kappa shape index (κ2) is 6.66. The fourth-order valence-corrected chi connectivity index (χ4v) is 3.43. The molecule has 18 heavy (non-hydrogen) atoms. The first-order valence-electron chi connectivity index (χ1n) is 6.67. The zero-order valence-electron chi connectivity index (χ0n) is 11.4. The summed E-state index contributed by atoms with van der Waals surface area (Å²) in [5.41, 5.74) is 0. The van der Waals surface area contributed by atoms with Crippen LogP contribution in [-0.4, -0.2) is 38.0 Å². The molecule has 4 heteroatoms. The molecule has 4 unspecified atom stereocenters. The molecule has 1 heterocycles. The van der Waals surface area contributed by atoms with Crippen molar-refractivity contribution < 1.29 is 9.47 Å². The van der Waals surface area contributed by atoms with Gasteiger partial charge in [0.1, 0.15) is 0 Å². The Morgan fingerprint density at radius 2 is 2.39 bits per heavy atom. The Morgan fingerprint density at radius 3 is 3.00 bits per heavy atom. The van der Waals surface area contributed by atoms with Crippen molar-refractivity contribution in [3.05, 3.63) is 22.4 Å². The van der Waals surface area contributed by atoms with Crippen LogP contribution < -0.4 is 5.32 Å². The van der Waals surface area contributed by atoms with Gasteiger partial charge in [-0.25, -0.2) is 0 Å². The van der Waals surface area contributed by atoms with Crippen LogP contribution in [0.3, 0.4) is 0 Å². The molecule has 1 aromatic rings. The quantitative estimate of drug-likeness (QED) is 0.825. The van der Waals surface area contributed by atoms with E-state index in [2.05, 4.69) is 29.8 Å². The molecule has 0 saturated heterocycles. The zero-order chi connectivity index (χ0) is 13.0. The Kier molecular flexibility index (Phi) is 5.18. The Balaban J connectivity index is 1.76. The third-order valence-electron chi connectivity index (χ3n) is 3.49. The van der Waals surface area contributed by atoms with Crippen molar-refractivity contribution in [3.63, 3.8) is 0 Å². The van der Waals surface area contributed by atoms with Crippen LogP contribution >= 0.6 is 11.3 Å². The lowest BCUT2D eigenvalue weighted by Crippen LogP contribution is -2.61. The first-order valence-corrected chi connectivity index (χ1v) is 7.55. The average molecular weight is 269 g/mol. The fourth-order valence-electron chi connectivity index (χ4n) is 2.59. The van der Waals surface area contributed by atoms with E-state index in [-0.39, 0.29) is 12.2 Å². The van der Waals surface area contributed by atoms with Crippen molar-refractivity contribution in [2.24, 2.45) is 0 Å². The number of ether oxygens (including phenoxy) is 2. The first-order chi connectivity index (χ1) is 8.74. The Bertz CT molecular complexity index is 342. The summed E-state index contributed by atoms with van der Waals surface area (Å²) in [7, 11) is 1.77. The standard InChI is InChI=1S/C14H23NO2S/c1-4-17-13-9-12(14(13)16-3)15-10(2)8-11-6-5-7-18-11/h5-7,10,12-15H,4,8-9H2,1-3H3. The van der Waals surface area contributed by atoms with Gasteiger partial charge in [-0.3, -0.25) is 0 Å². The van der Waals surface area contributed by atoms with Crippen LogP contribution in [0.5, 0.6) is 0 Å². The summed E-state index contributed by atoms with van der Waals surface area (Å²) >= 11 is 1.82. The average Bonchev–Trinajstić information content (AvgIpc) is 2.80. The van der Waals surface area contributed by atoms with Gasteiger partial charge in [-0.05, 0) is 38.1 Å². The molecule has 1 N–H and O–H groups in total. The van der Waals surface area contributed by atoms with Crippen LogP contribution in [0.15, 0.2) is 17.5 Å². The zero-order valence-corrected chi connectivity index (χ0v) is 12.2. The molecule has 102 valence electrons. The second-order valence-corrected chi connectivity index (χ2v) is 5.92. The number of hydrogen-bond donors (Lipinski definition) is 1. The number of thiophene rings is 1. The minimum absolute atomic E-state index is 0.204. The van der Waals surface area contributed by atoms with E-state index in [0.29, 0.717) is 12.1 Å². The molecule has 0 spiro atoms. The normalized spacial score (nSPS) is 28.9. The minimum atomic E-state index is 0.204. The van der Waals surface area contributed by atoms with Crippen molar-refractivity contribution in [1.29, 1.82) is 0 Å². The molecule has 1 fully saturated rings. The highest BCUT2D eigenvalue weighted by Crippen LogP contribution is 2.27. The van der Waals surface area contributed by atoms with Crippen molar-refractivity contribution in [2.45, 2.75) is 51.0 Å². The summed E-state index contributed by atoms with van der Waals surface area (Å²) in [4.78, 5) is 1.43. The molecule has 0 aliphatic heterocycles. The Labute approximate surface area is 113 Å². The van der Waals surface area contributed by atoms with Crippen LogP contribution in [0.4, 0.5) is 0 Å². The number of nitrogens with one attached hydrogen (secondary N) is 1. The molecule has 1 aliphatic rings. The van der Waals surface area contributed by atoms with E-state index in [1.165, 1.54) is 4.88 Å². The predicted molar refractivity (Wildman–Crippen MR) is 75.2 cm³/mol. The van der Waals surface area contributed by atoms with Crippen LogP contribution in [0, 0.1) is 0 Å². The third-order valence-corrected chi connectivity index (χ3v) is 4.39. The van der Waals surface area contributed by atoms with E-state index in [0.717, 1.165) is 19.4 Å². The lowest BCUT2D eigenvalue weighted by atomic mass is 9.84. The van der Waals surface area contributed by atoms with E-state index in [4.69, 9.17) is 9.47 Å². The molecule has 1 aliphatic carbocycles. The molecule has 3 nitrogen and oxygen atoms in total. The molecule has 0 aromatic carbocycles. The number of hydrogen-bond acceptors (Lipinski definition) is 4. The van der Waals surface area contributed by atoms with Gasteiger partial charge in [0.2, 0.25) is 0 Å². The summed E-state index contributed by atoms with van der Waals surface area (Å²) in [6.07, 6.45) is 2.62. The van der Waals surface area contributed by atoms with Crippen molar-refractivity contribution >= 4 is 11.3 Å². The van der Waals surface area contributed by atoms with E-state index < -0.39 is 0 Å². The van der Waals surface area contributed by atoms with Gasteiger partial charge in [0, 0.05) is 30.7 Å². The van der Waals surface area contributed by atoms with Crippen LogP contribution in [0.1, 0.15) is 25.1 Å². The molecule has 0 amide bonds. The topological polar surface area (TPSA) is 30.5 Å². The van der Waals surface area contributed by atoms with E-state index in [9.17, 15) is 0 Å². The highest BCUT2D eigenvalue weighted by molar-refractivity contribution is 7.09. The van der Waals surface area contributed by atoms with Gasteiger partial charge in [0.25, 0.3) is 0 Å². The largest absolute Gasteiger partial charge is 0.377 e. The third kappa shape index (κ3) is 3.32. The van der Waals surface area contributed by atoms with E-state index in [1.54, 1.807) is 7.11 Å². The van der Waals surface area contributed by atoms with Crippen molar-refractivity contribution in [3.8, 4) is 0 Å². The summed E-state index contributed by atoms with van der Waals surface area (Å²) in [6, 6.07) is 5.22. The molecular formula is C14H23NO2S. The molecule has 1 saturated carbocycles. The summed E-state index contributed by atoms with van der Waals surface area (Å²) < 4.78 is 11.2. The molecule has 1 aromatic heterocycles. The maximum absolute atomic E-state index is 5.64. The highest BCUT2D eigenvalue weighted by Gasteiger charge is 2.42. The minimum Gasteiger partial charge on any atom is -0.377 e. The molecule has 2 rings (SSSR count). The smallest absolute Gasteiger partial charge is 0.0986 e.